The second-order valence-electron chi connectivity index (χ2n) is 13.8. The van der Waals surface area contributed by atoms with E-state index in [0.717, 1.165) is 58.0 Å². The molecule has 0 radical (unpaired) electrons. The largest absolute Gasteiger partial charge is 0.378 e. The van der Waals surface area contributed by atoms with E-state index in [9.17, 15) is 4.79 Å². The fraction of sp³-hybridized carbons (Fsp3) is 0.967. The Bertz CT molecular complexity index is 865. The molecule has 6 rings (SSSR count). The third-order valence-electron chi connectivity index (χ3n) is 11.1. The molecule has 39 heavy (non-hydrogen) atoms. The topological polar surface area (TPSA) is 68.9 Å². The van der Waals surface area contributed by atoms with E-state index >= 15 is 8.78 Å². The van der Waals surface area contributed by atoms with Crippen LogP contribution in [0.1, 0.15) is 85.0 Å². The lowest BCUT2D eigenvalue weighted by molar-refractivity contribution is -0.119. The summed E-state index contributed by atoms with van der Waals surface area (Å²) in [5, 5.41) is 10.8. The number of rotatable bonds is 2. The van der Waals surface area contributed by atoms with Crippen LogP contribution in [0.5, 0.6) is 0 Å². The minimum absolute atomic E-state index is 0.00181. The fourth-order valence-corrected chi connectivity index (χ4v) is 9.25. The van der Waals surface area contributed by atoms with Crippen molar-refractivity contribution in [2.24, 2.45) is 23.7 Å². The van der Waals surface area contributed by atoms with Gasteiger partial charge in [0.1, 0.15) is 12.3 Å². The summed E-state index contributed by atoms with van der Waals surface area (Å²) in [5.41, 5.74) is 0. The third-order valence-corrected chi connectivity index (χ3v) is 11.1. The zero-order valence-electron chi connectivity index (χ0n) is 24.2. The molecule has 5 aliphatic heterocycles. The molecule has 222 valence electrons. The number of halogens is 2. The summed E-state index contributed by atoms with van der Waals surface area (Å²) in [5.74, 6) is 0.0700. The Morgan fingerprint density at radius 2 is 1.82 bits per heavy atom. The van der Waals surface area contributed by atoms with Gasteiger partial charge in [-0.1, -0.05) is 20.3 Å². The Labute approximate surface area is 233 Å². The summed E-state index contributed by atoms with van der Waals surface area (Å²) in [6, 6.07) is -0.192. The zero-order valence-corrected chi connectivity index (χ0v) is 24.2. The molecule has 7 nitrogen and oxygen atoms in total. The molecule has 0 spiro atoms. The van der Waals surface area contributed by atoms with Gasteiger partial charge in [0.05, 0.1) is 24.5 Å². The lowest BCUT2D eigenvalue weighted by Gasteiger charge is -2.60. The van der Waals surface area contributed by atoms with Crippen LogP contribution in [0.25, 0.3) is 0 Å². The highest BCUT2D eigenvalue weighted by molar-refractivity contribution is 5.76. The Hall–Kier alpha value is -1.03. The normalized spacial score (nSPS) is 47.8. The predicted octanol–water partition coefficient (Wildman–Crippen LogP) is 4.17. The number of carbonyl (C=O) groups excluding carboxylic acids is 1. The van der Waals surface area contributed by atoms with Crippen LogP contribution in [-0.4, -0.2) is 90.5 Å². The van der Waals surface area contributed by atoms with Gasteiger partial charge in [-0.25, -0.2) is 13.6 Å². The molecule has 2 bridgehead atoms. The number of fused-ring (bicyclic) bond motifs is 5. The van der Waals surface area contributed by atoms with Crippen molar-refractivity contribution >= 4 is 6.03 Å². The molecule has 1 saturated carbocycles. The van der Waals surface area contributed by atoms with Gasteiger partial charge in [0.15, 0.2) is 0 Å². The maximum absolute atomic E-state index is 16.3. The average Bonchev–Trinajstić information content (AvgIpc) is 2.91. The quantitative estimate of drug-likeness (QED) is 0.481. The van der Waals surface area contributed by atoms with Crippen LogP contribution in [0.2, 0.25) is 0 Å². The van der Waals surface area contributed by atoms with Gasteiger partial charge in [-0.05, 0) is 83.1 Å². The van der Waals surface area contributed by atoms with E-state index in [-0.39, 0.29) is 42.5 Å². The zero-order chi connectivity index (χ0) is 27.3. The standard InChI is InChI=1S/C30H51F2N5O2/c1-17(2)25-27-19(12-13-33-25)9-7-15-39-23-11-6-10-21(31)24(23)26-22(32)16-20-28(36-14-5-4-8-18(36)3)35-30(38)37(27)29(20)34-26/h17-29,33-34H,4-16H2,1-3H3,(H,35,38)/t18-,19?,20?,21?,22?,23?,24?,25?,26?,27?,28?,29?/m0/s1. The second-order valence-corrected chi connectivity index (χ2v) is 13.8. The first-order chi connectivity index (χ1) is 18.8. The Kier molecular flexibility index (Phi) is 8.42. The van der Waals surface area contributed by atoms with Crippen molar-refractivity contribution < 1.29 is 18.3 Å². The number of hydrogen-bond acceptors (Lipinski definition) is 5. The smallest absolute Gasteiger partial charge is 0.320 e. The molecule has 12 atom stereocenters. The van der Waals surface area contributed by atoms with Crippen molar-refractivity contribution in [3.63, 3.8) is 0 Å². The summed E-state index contributed by atoms with van der Waals surface area (Å²) in [6.45, 7) is 9.13. The molecule has 3 N–H and O–H groups in total. The van der Waals surface area contributed by atoms with Crippen molar-refractivity contribution in [1.82, 2.24) is 25.8 Å². The van der Waals surface area contributed by atoms with Gasteiger partial charge in [0, 0.05) is 43.1 Å². The summed E-state index contributed by atoms with van der Waals surface area (Å²) in [4.78, 5) is 18.7. The summed E-state index contributed by atoms with van der Waals surface area (Å²) >= 11 is 0. The Morgan fingerprint density at radius 1 is 0.974 bits per heavy atom. The predicted molar refractivity (Wildman–Crippen MR) is 148 cm³/mol. The minimum Gasteiger partial charge on any atom is -0.378 e. The van der Waals surface area contributed by atoms with Crippen LogP contribution in [0.15, 0.2) is 0 Å². The van der Waals surface area contributed by atoms with Crippen LogP contribution in [0, 0.1) is 23.7 Å². The number of piperidine rings is 3. The van der Waals surface area contributed by atoms with Crippen molar-refractivity contribution in [2.75, 3.05) is 19.7 Å². The van der Waals surface area contributed by atoms with E-state index in [2.05, 4.69) is 46.5 Å². The van der Waals surface area contributed by atoms with Gasteiger partial charge < -0.3 is 20.3 Å². The maximum Gasteiger partial charge on any atom is 0.320 e. The van der Waals surface area contributed by atoms with Gasteiger partial charge >= 0.3 is 6.03 Å². The van der Waals surface area contributed by atoms with Crippen molar-refractivity contribution in [3.05, 3.63) is 0 Å². The van der Waals surface area contributed by atoms with Crippen LogP contribution in [0.4, 0.5) is 13.6 Å². The molecule has 1 aliphatic carbocycles. The van der Waals surface area contributed by atoms with Gasteiger partial charge in [0.2, 0.25) is 0 Å². The van der Waals surface area contributed by atoms with E-state index < -0.39 is 24.3 Å². The van der Waals surface area contributed by atoms with E-state index in [1.165, 1.54) is 6.42 Å². The molecule has 6 fully saturated rings. The van der Waals surface area contributed by atoms with Gasteiger partial charge in [-0.15, -0.1) is 0 Å². The van der Waals surface area contributed by atoms with Crippen molar-refractivity contribution in [3.8, 4) is 0 Å². The summed E-state index contributed by atoms with van der Waals surface area (Å²) in [7, 11) is 0. The van der Waals surface area contributed by atoms with E-state index in [1.54, 1.807) is 0 Å². The molecule has 5 heterocycles. The first-order valence-corrected chi connectivity index (χ1v) is 16.1. The molecule has 5 saturated heterocycles. The minimum atomic E-state index is -1.18. The van der Waals surface area contributed by atoms with Crippen LogP contribution in [0.3, 0.4) is 0 Å². The second kappa shape index (κ2) is 11.7. The van der Waals surface area contributed by atoms with E-state index in [4.69, 9.17) is 4.74 Å². The number of hydrogen-bond donors (Lipinski definition) is 3. The van der Waals surface area contributed by atoms with Crippen LogP contribution in [-0.2, 0) is 4.74 Å². The van der Waals surface area contributed by atoms with Gasteiger partial charge in [0.25, 0.3) is 0 Å². The molecule has 2 amide bonds. The fourth-order valence-electron chi connectivity index (χ4n) is 9.25. The van der Waals surface area contributed by atoms with Crippen LogP contribution >= 0.6 is 0 Å². The number of nitrogens with one attached hydrogen (secondary N) is 3. The molecule has 9 heteroatoms. The molecule has 0 aromatic heterocycles. The molecular formula is C30H51F2N5O2. The van der Waals surface area contributed by atoms with Gasteiger partial charge in [-0.3, -0.25) is 10.2 Å². The summed E-state index contributed by atoms with van der Waals surface area (Å²) < 4.78 is 38.3. The third kappa shape index (κ3) is 5.23. The molecule has 6 aliphatic rings. The van der Waals surface area contributed by atoms with E-state index in [0.29, 0.717) is 37.3 Å². The van der Waals surface area contributed by atoms with Gasteiger partial charge in [-0.2, -0.15) is 0 Å². The van der Waals surface area contributed by atoms with Crippen LogP contribution < -0.4 is 16.0 Å². The number of likely N-dealkylation sites (tertiary alicyclic amines) is 1. The number of urea groups is 1. The first kappa shape index (κ1) is 28.1. The number of carbonyl (C=O) groups is 1. The monoisotopic (exact) mass is 551 g/mol. The Balaban J connectivity index is 1.41. The summed E-state index contributed by atoms with van der Waals surface area (Å²) in [6.07, 6.45) is 5.57. The highest BCUT2D eigenvalue weighted by atomic mass is 19.1. The number of nitrogens with zero attached hydrogens (tertiary/aromatic N) is 2. The first-order valence-electron chi connectivity index (χ1n) is 16.1. The maximum atomic E-state index is 16.3. The molecule has 11 unspecified atom stereocenters. The lowest BCUT2D eigenvalue weighted by atomic mass is 9.72. The average molecular weight is 552 g/mol. The molecular weight excluding hydrogens is 500 g/mol. The lowest BCUT2D eigenvalue weighted by Crippen LogP contribution is -2.79. The Morgan fingerprint density at radius 3 is 2.62 bits per heavy atom. The highest BCUT2D eigenvalue weighted by Gasteiger charge is 2.57. The number of alkyl halides is 2. The molecule has 0 aromatic carbocycles. The number of amides is 2. The SMILES string of the molecule is CC(C)C1NCCC2CCCOC3CCCC(F)C3C3NC4C(CC3F)C(N3CCCC[C@@H]3C)NC(=O)N4C21. The van der Waals surface area contributed by atoms with Crippen molar-refractivity contribution in [2.45, 2.75) is 140 Å². The van der Waals surface area contributed by atoms with E-state index in [1.807, 2.05) is 0 Å². The molecule has 0 aromatic rings. The number of ether oxygens (including phenoxy) is 1. The van der Waals surface area contributed by atoms with Crippen molar-refractivity contribution in [1.29, 1.82) is 0 Å². The highest BCUT2D eigenvalue weighted by Crippen LogP contribution is 2.43.